The van der Waals surface area contributed by atoms with E-state index in [9.17, 15) is 13.2 Å². The fourth-order valence-corrected chi connectivity index (χ4v) is 2.78. The normalized spacial score (nSPS) is 26.4. The van der Waals surface area contributed by atoms with Crippen LogP contribution in [0.15, 0.2) is 12.2 Å². The molecule has 13 heavy (non-hydrogen) atoms. The maximum Gasteiger partial charge on any atom is 0.330 e. The molecule has 0 aromatic carbocycles. The summed E-state index contributed by atoms with van der Waals surface area (Å²) in [5.41, 5.74) is 0. The highest BCUT2D eigenvalue weighted by atomic mass is 32.2. The van der Waals surface area contributed by atoms with E-state index in [1.807, 2.05) is 0 Å². The molecule has 74 valence electrons. The summed E-state index contributed by atoms with van der Waals surface area (Å²) < 4.78 is 26.8. The van der Waals surface area contributed by atoms with E-state index in [0.717, 1.165) is 0 Å². The third-order valence-electron chi connectivity index (χ3n) is 1.78. The minimum Gasteiger partial charge on any atom is -0.458 e. The van der Waals surface area contributed by atoms with Crippen LogP contribution >= 0.6 is 0 Å². The Balaban J connectivity index is 2.45. The standard InChI is InChI=1S/C8H12O4S/c1-2-3-8(9)12-7-4-5-13(10,11)6-7/h2-3,7H,4-6H2,1H3/b3-2+. The van der Waals surface area contributed by atoms with E-state index in [0.29, 0.717) is 6.42 Å². The number of rotatable bonds is 2. The Hall–Kier alpha value is -0.840. The maximum absolute atomic E-state index is 11.0. The fourth-order valence-electron chi connectivity index (χ4n) is 1.19. The average Bonchev–Trinajstić information content (AvgIpc) is 2.30. The summed E-state index contributed by atoms with van der Waals surface area (Å²) in [6, 6.07) is 0. The van der Waals surface area contributed by atoms with Crippen molar-refractivity contribution in [2.24, 2.45) is 0 Å². The number of hydrogen-bond acceptors (Lipinski definition) is 4. The van der Waals surface area contributed by atoms with E-state index in [-0.39, 0.29) is 11.5 Å². The molecule has 1 heterocycles. The van der Waals surface area contributed by atoms with Gasteiger partial charge in [0.1, 0.15) is 6.10 Å². The van der Waals surface area contributed by atoms with Crippen LogP contribution in [-0.2, 0) is 19.4 Å². The number of allylic oxidation sites excluding steroid dienone is 1. The Kier molecular flexibility index (Phi) is 3.08. The van der Waals surface area contributed by atoms with Gasteiger partial charge in [-0.05, 0) is 13.3 Å². The highest BCUT2D eigenvalue weighted by Gasteiger charge is 2.30. The lowest BCUT2D eigenvalue weighted by Crippen LogP contribution is -2.17. The Labute approximate surface area is 77.5 Å². The van der Waals surface area contributed by atoms with Crippen molar-refractivity contribution >= 4 is 15.8 Å². The van der Waals surface area contributed by atoms with Gasteiger partial charge in [0.05, 0.1) is 11.5 Å². The van der Waals surface area contributed by atoms with Crippen molar-refractivity contribution in [3.8, 4) is 0 Å². The Morgan fingerprint density at radius 2 is 2.23 bits per heavy atom. The predicted octanol–water partition coefficient (Wildman–Crippen LogP) is 0.293. The van der Waals surface area contributed by atoms with Crippen molar-refractivity contribution in [3.05, 3.63) is 12.2 Å². The van der Waals surface area contributed by atoms with Crippen LogP contribution in [0.1, 0.15) is 13.3 Å². The van der Waals surface area contributed by atoms with Crippen molar-refractivity contribution in [3.63, 3.8) is 0 Å². The summed E-state index contributed by atoms with van der Waals surface area (Å²) in [5.74, 6) is -0.374. The van der Waals surface area contributed by atoms with Gasteiger partial charge in [0.2, 0.25) is 0 Å². The number of carbonyl (C=O) groups is 1. The molecule has 1 unspecified atom stereocenters. The quantitative estimate of drug-likeness (QED) is 0.479. The molecule has 0 bridgehead atoms. The van der Waals surface area contributed by atoms with E-state index in [4.69, 9.17) is 4.74 Å². The summed E-state index contributed by atoms with van der Waals surface area (Å²) in [6.45, 7) is 1.70. The van der Waals surface area contributed by atoms with Crippen LogP contribution < -0.4 is 0 Å². The van der Waals surface area contributed by atoms with Crippen LogP contribution in [0.5, 0.6) is 0 Å². The van der Waals surface area contributed by atoms with Gasteiger partial charge in [-0.2, -0.15) is 0 Å². The molecule has 0 aromatic rings. The Bertz CT molecular complexity index is 315. The van der Waals surface area contributed by atoms with Crippen LogP contribution in [0.2, 0.25) is 0 Å². The lowest BCUT2D eigenvalue weighted by atomic mass is 10.3. The van der Waals surface area contributed by atoms with E-state index in [1.165, 1.54) is 6.08 Å². The summed E-state index contributed by atoms with van der Waals surface area (Å²) in [4.78, 5) is 10.9. The third kappa shape index (κ3) is 3.18. The summed E-state index contributed by atoms with van der Waals surface area (Å²) >= 11 is 0. The van der Waals surface area contributed by atoms with Crippen molar-refractivity contribution in [1.82, 2.24) is 0 Å². The highest BCUT2D eigenvalue weighted by Crippen LogP contribution is 2.14. The second-order valence-corrected chi connectivity index (χ2v) is 5.19. The molecule has 4 nitrogen and oxygen atoms in total. The van der Waals surface area contributed by atoms with Gasteiger partial charge in [0.15, 0.2) is 9.84 Å². The van der Waals surface area contributed by atoms with Crippen LogP contribution in [0, 0.1) is 0 Å². The van der Waals surface area contributed by atoms with Crippen LogP contribution in [-0.4, -0.2) is 32.0 Å². The molecule has 0 radical (unpaired) electrons. The fraction of sp³-hybridized carbons (Fsp3) is 0.625. The molecule has 0 aromatic heterocycles. The van der Waals surface area contributed by atoms with E-state index < -0.39 is 21.9 Å². The molecule has 1 aliphatic heterocycles. The first kappa shape index (κ1) is 10.2. The number of carbonyl (C=O) groups excluding carboxylic acids is 1. The maximum atomic E-state index is 11.0. The molecule has 1 atom stereocenters. The van der Waals surface area contributed by atoms with Crippen molar-refractivity contribution in [2.75, 3.05) is 11.5 Å². The number of ether oxygens (including phenoxy) is 1. The molecular weight excluding hydrogens is 192 g/mol. The topological polar surface area (TPSA) is 60.4 Å². The molecule has 0 saturated carbocycles. The van der Waals surface area contributed by atoms with Crippen LogP contribution in [0.3, 0.4) is 0 Å². The van der Waals surface area contributed by atoms with Gasteiger partial charge in [-0.3, -0.25) is 0 Å². The molecule has 1 aliphatic rings. The van der Waals surface area contributed by atoms with Gasteiger partial charge >= 0.3 is 5.97 Å². The molecule has 1 fully saturated rings. The smallest absolute Gasteiger partial charge is 0.330 e. The molecule has 0 amide bonds. The number of hydrogen-bond donors (Lipinski definition) is 0. The lowest BCUT2D eigenvalue weighted by Gasteiger charge is -2.06. The monoisotopic (exact) mass is 204 g/mol. The largest absolute Gasteiger partial charge is 0.458 e. The first-order valence-corrected chi connectivity index (χ1v) is 5.89. The van der Waals surface area contributed by atoms with Crippen LogP contribution in [0.25, 0.3) is 0 Å². The lowest BCUT2D eigenvalue weighted by molar-refractivity contribution is -0.141. The first-order chi connectivity index (χ1) is 6.03. The molecule has 1 rings (SSSR count). The second kappa shape index (κ2) is 3.91. The third-order valence-corrected chi connectivity index (χ3v) is 3.51. The molecule has 0 aliphatic carbocycles. The zero-order chi connectivity index (χ0) is 9.90. The van der Waals surface area contributed by atoms with E-state index >= 15 is 0 Å². The van der Waals surface area contributed by atoms with Gasteiger partial charge in [-0.15, -0.1) is 0 Å². The van der Waals surface area contributed by atoms with E-state index in [2.05, 4.69) is 0 Å². The number of esters is 1. The van der Waals surface area contributed by atoms with Gasteiger partial charge in [-0.25, -0.2) is 13.2 Å². The average molecular weight is 204 g/mol. The number of sulfone groups is 1. The van der Waals surface area contributed by atoms with E-state index in [1.54, 1.807) is 13.0 Å². The van der Waals surface area contributed by atoms with Crippen molar-refractivity contribution in [1.29, 1.82) is 0 Å². The second-order valence-electron chi connectivity index (χ2n) is 2.96. The molecule has 1 saturated heterocycles. The van der Waals surface area contributed by atoms with Crippen molar-refractivity contribution < 1.29 is 17.9 Å². The minimum absolute atomic E-state index is 0.0315. The molecule has 5 heteroatoms. The van der Waals surface area contributed by atoms with Gasteiger partial charge in [0.25, 0.3) is 0 Å². The van der Waals surface area contributed by atoms with Gasteiger partial charge in [0, 0.05) is 6.08 Å². The molecule has 0 N–H and O–H groups in total. The minimum atomic E-state index is -2.96. The van der Waals surface area contributed by atoms with Crippen LogP contribution in [0.4, 0.5) is 0 Å². The summed E-state index contributed by atoms with van der Waals surface area (Å²) in [6.07, 6.45) is 2.82. The zero-order valence-electron chi connectivity index (χ0n) is 7.39. The summed E-state index contributed by atoms with van der Waals surface area (Å²) in [5, 5.41) is 0. The molecule has 0 spiro atoms. The summed E-state index contributed by atoms with van der Waals surface area (Å²) in [7, 11) is -2.96. The SMILES string of the molecule is C/C=C/C(=O)OC1CCS(=O)(=O)C1. The van der Waals surface area contributed by atoms with Gasteiger partial charge in [-0.1, -0.05) is 6.08 Å². The predicted molar refractivity (Wildman–Crippen MR) is 48.0 cm³/mol. The highest BCUT2D eigenvalue weighted by molar-refractivity contribution is 7.91. The molecular formula is C8H12O4S. The van der Waals surface area contributed by atoms with Crippen molar-refractivity contribution in [2.45, 2.75) is 19.4 Å². The zero-order valence-corrected chi connectivity index (χ0v) is 8.21. The Morgan fingerprint density at radius 3 is 2.69 bits per heavy atom. The Morgan fingerprint density at radius 1 is 1.54 bits per heavy atom. The first-order valence-electron chi connectivity index (χ1n) is 4.07. The van der Waals surface area contributed by atoms with Gasteiger partial charge < -0.3 is 4.74 Å².